The Morgan fingerprint density at radius 3 is 2.37 bits per heavy atom. The maximum atomic E-state index is 13.4. The number of ketones is 1. The number of Topliss-reactive ketones (excluding diaryl/α,β-unsaturated/α-hetero) is 1. The van der Waals surface area contributed by atoms with Crippen molar-refractivity contribution in [3.63, 3.8) is 0 Å². The number of nitrogens with zero attached hydrogens (tertiary/aromatic N) is 1. The van der Waals surface area contributed by atoms with E-state index in [0.29, 0.717) is 11.3 Å². The smallest absolute Gasteiger partial charge is 0.293 e. The molecule has 0 saturated carbocycles. The van der Waals surface area contributed by atoms with Gasteiger partial charge < -0.3 is 0 Å². The summed E-state index contributed by atoms with van der Waals surface area (Å²) in [4.78, 5) is 21.8. The van der Waals surface area contributed by atoms with E-state index in [2.05, 4.69) is 0 Å². The highest BCUT2D eigenvalue weighted by Crippen LogP contribution is 2.25. The van der Waals surface area contributed by atoms with E-state index in [4.69, 9.17) is 0 Å². The van der Waals surface area contributed by atoms with Crippen molar-refractivity contribution in [3.8, 4) is 0 Å². The molecule has 0 aliphatic rings. The molecular formula is C12H7F2NO3S. The SMILES string of the molecule is O=C(Cc1c(F)cccc1F)c1ccc([N+](=O)[O-])s1. The lowest BCUT2D eigenvalue weighted by atomic mass is 10.1. The van der Waals surface area contributed by atoms with E-state index in [1.54, 1.807) is 0 Å². The summed E-state index contributed by atoms with van der Waals surface area (Å²) in [6, 6.07) is 5.79. The number of carbonyl (C=O) groups is 1. The number of hydrogen-bond acceptors (Lipinski definition) is 4. The summed E-state index contributed by atoms with van der Waals surface area (Å²) < 4.78 is 26.7. The molecule has 0 N–H and O–H groups in total. The van der Waals surface area contributed by atoms with Crippen molar-refractivity contribution in [2.24, 2.45) is 0 Å². The third-order valence-corrected chi connectivity index (χ3v) is 3.52. The van der Waals surface area contributed by atoms with E-state index < -0.39 is 28.8 Å². The minimum atomic E-state index is -0.806. The van der Waals surface area contributed by atoms with E-state index >= 15 is 0 Å². The average molecular weight is 283 g/mol. The van der Waals surface area contributed by atoms with Gasteiger partial charge in [-0.25, -0.2) is 8.78 Å². The van der Waals surface area contributed by atoms with Gasteiger partial charge in [0.15, 0.2) is 5.78 Å². The van der Waals surface area contributed by atoms with Gasteiger partial charge >= 0.3 is 5.00 Å². The Balaban J connectivity index is 2.23. The predicted octanol–water partition coefficient (Wildman–Crippen LogP) is 3.36. The molecule has 19 heavy (non-hydrogen) atoms. The van der Waals surface area contributed by atoms with Crippen LogP contribution in [0.4, 0.5) is 13.8 Å². The van der Waals surface area contributed by atoms with Crippen LogP contribution in [0.2, 0.25) is 0 Å². The van der Waals surface area contributed by atoms with Gasteiger partial charge in [0.25, 0.3) is 0 Å². The van der Waals surface area contributed by atoms with Gasteiger partial charge in [0.05, 0.1) is 9.80 Å². The van der Waals surface area contributed by atoms with Crippen molar-refractivity contribution >= 4 is 22.1 Å². The molecule has 0 fully saturated rings. The van der Waals surface area contributed by atoms with E-state index in [0.717, 1.165) is 12.1 Å². The van der Waals surface area contributed by atoms with Crippen molar-refractivity contribution in [1.82, 2.24) is 0 Å². The van der Waals surface area contributed by atoms with Crippen molar-refractivity contribution in [3.05, 3.63) is 62.5 Å². The van der Waals surface area contributed by atoms with Crippen molar-refractivity contribution in [1.29, 1.82) is 0 Å². The monoisotopic (exact) mass is 283 g/mol. The van der Waals surface area contributed by atoms with Gasteiger partial charge in [0.1, 0.15) is 11.6 Å². The van der Waals surface area contributed by atoms with Crippen LogP contribution in [0.1, 0.15) is 15.2 Å². The molecule has 2 rings (SSSR count). The molecule has 0 aliphatic carbocycles. The molecule has 0 bridgehead atoms. The number of halogens is 2. The molecule has 1 heterocycles. The second-order valence-electron chi connectivity index (χ2n) is 3.70. The van der Waals surface area contributed by atoms with Crippen LogP contribution >= 0.6 is 11.3 Å². The zero-order valence-electron chi connectivity index (χ0n) is 9.43. The van der Waals surface area contributed by atoms with Crippen LogP contribution in [-0.2, 0) is 6.42 Å². The number of benzene rings is 1. The van der Waals surface area contributed by atoms with Gasteiger partial charge in [0.2, 0.25) is 0 Å². The molecule has 2 aromatic rings. The quantitative estimate of drug-likeness (QED) is 0.491. The van der Waals surface area contributed by atoms with Crippen LogP contribution in [0, 0.1) is 21.7 Å². The molecule has 0 amide bonds. The van der Waals surface area contributed by atoms with Gasteiger partial charge in [-0.2, -0.15) is 0 Å². The van der Waals surface area contributed by atoms with Crippen molar-refractivity contribution in [2.75, 3.05) is 0 Å². The Kier molecular flexibility index (Phi) is 3.66. The second kappa shape index (κ2) is 5.23. The third kappa shape index (κ3) is 2.82. The number of thiophene rings is 1. The summed E-state index contributed by atoms with van der Waals surface area (Å²) in [6.07, 6.45) is -0.462. The molecule has 4 nitrogen and oxygen atoms in total. The summed E-state index contributed by atoms with van der Waals surface area (Å²) in [7, 11) is 0. The van der Waals surface area contributed by atoms with E-state index in [1.807, 2.05) is 0 Å². The minimum absolute atomic E-state index is 0.106. The van der Waals surface area contributed by atoms with Crippen LogP contribution in [0.25, 0.3) is 0 Å². The molecule has 1 aromatic carbocycles. The van der Waals surface area contributed by atoms with Crippen LogP contribution in [0.3, 0.4) is 0 Å². The molecule has 0 spiro atoms. The standard InChI is InChI=1S/C12H7F2NO3S/c13-8-2-1-3-9(14)7(8)6-10(16)11-4-5-12(19-11)15(17)18/h1-5H,6H2. The molecule has 0 unspecified atom stereocenters. The highest BCUT2D eigenvalue weighted by Gasteiger charge is 2.18. The van der Waals surface area contributed by atoms with Crippen LogP contribution in [0.5, 0.6) is 0 Å². The zero-order chi connectivity index (χ0) is 14.0. The Labute approximate surface area is 110 Å². The van der Waals surface area contributed by atoms with Crippen LogP contribution in [0.15, 0.2) is 30.3 Å². The Morgan fingerprint density at radius 1 is 1.21 bits per heavy atom. The lowest BCUT2D eigenvalue weighted by Crippen LogP contribution is -2.05. The summed E-state index contributed by atoms with van der Waals surface area (Å²) in [6.45, 7) is 0. The topological polar surface area (TPSA) is 60.2 Å². The summed E-state index contributed by atoms with van der Waals surface area (Å²) >= 11 is 0.687. The van der Waals surface area contributed by atoms with Gasteiger partial charge in [-0.3, -0.25) is 14.9 Å². The maximum absolute atomic E-state index is 13.4. The molecule has 1 aromatic heterocycles. The largest absolute Gasteiger partial charge is 0.324 e. The molecule has 98 valence electrons. The number of nitro groups is 1. The fourth-order valence-electron chi connectivity index (χ4n) is 1.52. The summed E-state index contributed by atoms with van der Waals surface area (Å²) in [5, 5.41) is 10.3. The van der Waals surface area contributed by atoms with Crippen LogP contribution in [-0.4, -0.2) is 10.7 Å². The Hall–Kier alpha value is -2.15. The number of hydrogen-bond donors (Lipinski definition) is 0. The summed E-state index contributed by atoms with van der Waals surface area (Å²) in [5.41, 5.74) is -0.330. The first-order chi connectivity index (χ1) is 8.99. The van der Waals surface area contributed by atoms with E-state index in [-0.39, 0.29) is 15.4 Å². The first-order valence-corrected chi connectivity index (χ1v) is 6.01. The fourth-order valence-corrected chi connectivity index (χ4v) is 2.28. The normalized spacial score (nSPS) is 10.4. The van der Waals surface area contributed by atoms with Crippen molar-refractivity contribution < 1.29 is 18.5 Å². The summed E-state index contributed by atoms with van der Waals surface area (Å²) in [5.74, 6) is -2.17. The molecule has 7 heteroatoms. The highest BCUT2D eigenvalue weighted by atomic mass is 32.1. The van der Waals surface area contributed by atoms with Gasteiger partial charge in [-0.1, -0.05) is 17.4 Å². The highest BCUT2D eigenvalue weighted by molar-refractivity contribution is 7.17. The van der Waals surface area contributed by atoms with E-state index in [1.165, 1.54) is 18.2 Å². The number of carbonyl (C=O) groups excluding carboxylic acids is 1. The predicted molar refractivity (Wildman–Crippen MR) is 65.4 cm³/mol. The zero-order valence-corrected chi connectivity index (χ0v) is 10.2. The molecule has 0 atom stereocenters. The first-order valence-electron chi connectivity index (χ1n) is 5.19. The number of rotatable bonds is 4. The first kappa shape index (κ1) is 13.3. The lowest BCUT2D eigenvalue weighted by Gasteiger charge is -2.02. The third-order valence-electron chi connectivity index (χ3n) is 2.45. The fraction of sp³-hybridized carbons (Fsp3) is 0.0833. The molecule has 0 aliphatic heterocycles. The van der Waals surface area contributed by atoms with Gasteiger partial charge in [0, 0.05) is 18.1 Å². The lowest BCUT2D eigenvalue weighted by molar-refractivity contribution is -0.380. The van der Waals surface area contributed by atoms with Crippen molar-refractivity contribution in [2.45, 2.75) is 6.42 Å². The molecule has 0 saturated heterocycles. The maximum Gasteiger partial charge on any atom is 0.324 e. The molecular weight excluding hydrogens is 276 g/mol. The minimum Gasteiger partial charge on any atom is -0.293 e. The van der Waals surface area contributed by atoms with Gasteiger partial charge in [-0.05, 0) is 18.2 Å². The van der Waals surface area contributed by atoms with Crippen LogP contribution < -0.4 is 0 Å². The van der Waals surface area contributed by atoms with E-state index in [9.17, 15) is 23.7 Å². The second-order valence-corrected chi connectivity index (χ2v) is 4.76. The Morgan fingerprint density at radius 2 is 1.84 bits per heavy atom. The Bertz CT molecular complexity index is 634. The van der Waals surface area contributed by atoms with Gasteiger partial charge in [-0.15, -0.1) is 0 Å². The average Bonchev–Trinajstić information content (AvgIpc) is 2.83. The molecule has 0 radical (unpaired) electrons.